The van der Waals surface area contributed by atoms with Gasteiger partial charge in [0.25, 0.3) is 0 Å². The van der Waals surface area contributed by atoms with E-state index in [1.807, 2.05) is 19.9 Å². The van der Waals surface area contributed by atoms with Crippen LogP contribution in [0.4, 0.5) is 0 Å². The smallest absolute Gasteiger partial charge is 0.0100 e. The number of rotatable bonds is 5. The first-order chi connectivity index (χ1) is 5.45. The minimum Gasteiger partial charge on any atom is -0.405 e. The van der Waals surface area contributed by atoms with Gasteiger partial charge in [-0.05, 0) is 39.3 Å². The molecule has 0 fully saturated rings. The molecule has 0 heterocycles. The summed E-state index contributed by atoms with van der Waals surface area (Å²) in [7, 11) is 0. The normalized spacial score (nSPS) is 12.2. The molecule has 2 nitrogen and oxygen atoms in total. The molecule has 0 saturated carbocycles. The van der Waals surface area contributed by atoms with Crippen LogP contribution in [0.2, 0.25) is 0 Å². The second-order valence-electron chi connectivity index (χ2n) is 3.87. The Kier molecular flexibility index (Phi) is 4.67. The largest absolute Gasteiger partial charge is 0.405 e. The standard InChI is InChI=1S/C10H20N2/c1-9(5-4-8-11)6-7-10(2,3)12/h4,8H,1,5-7,11-12H2,2-3H3/b8-4-. The van der Waals surface area contributed by atoms with E-state index >= 15 is 0 Å². The summed E-state index contributed by atoms with van der Waals surface area (Å²) in [6.45, 7) is 7.99. The molecule has 0 spiro atoms. The molecule has 0 aromatic rings. The van der Waals surface area contributed by atoms with Crippen LogP contribution in [0.15, 0.2) is 24.4 Å². The maximum absolute atomic E-state index is 5.83. The van der Waals surface area contributed by atoms with Crippen molar-refractivity contribution < 1.29 is 0 Å². The molecule has 0 atom stereocenters. The van der Waals surface area contributed by atoms with Gasteiger partial charge in [-0.1, -0.05) is 18.2 Å². The van der Waals surface area contributed by atoms with Crippen molar-refractivity contribution in [2.75, 3.05) is 0 Å². The number of hydrogen-bond acceptors (Lipinski definition) is 2. The fourth-order valence-corrected chi connectivity index (χ4v) is 0.836. The van der Waals surface area contributed by atoms with Crippen LogP contribution in [-0.4, -0.2) is 5.54 Å². The van der Waals surface area contributed by atoms with Crippen molar-refractivity contribution in [2.24, 2.45) is 11.5 Å². The van der Waals surface area contributed by atoms with Crippen molar-refractivity contribution in [2.45, 2.75) is 38.6 Å². The molecule has 0 bridgehead atoms. The van der Waals surface area contributed by atoms with E-state index in [1.165, 1.54) is 5.57 Å². The van der Waals surface area contributed by atoms with Crippen LogP contribution in [0.3, 0.4) is 0 Å². The minimum atomic E-state index is -0.0879. The average Bonchev–Trinajstić information content (AvgIpc) is 1.95. The molecule has 2 heteroatoms. The first-order valence-electron chi connectivity index (χ1n) is 4.28. The zero-order valence-electron chi connectivity index (χ0n) is 8.14. The van der Waals surface area contributed by atoms with Crippen molar-refractivity contribution in [1.82, 2.24) is 0 Å². The highest BCUT2D eigenvalue weighted by molar-refractivity contribution is 5.02. The van der Waals surface area contributed by atoms with Crippen LogP contribution >= 0.6 is 0 Å². The molecule has 0 radical (unpaired) electrons. The summed E-state index contributed by atoms with van der Waals surface area (Å²) >= 11 is 0. The van der Waals surface area contributed by atoms with Gasteiger partial charge in [0.15, 0.2) is 0 Å². The second kappa shape index (κ2) is 4.99. The van der Waals surface area contributed by atoms with Gasteiger partial charge in [0.05, 0.1) is 0 Å². The Morgan fingerprint density at radius 2 is 2.08 bits per heavy atom. The summed E-state index contributed by atoms with van der Waals surface area (Å²) in [6, 6.07) is 0. The van der Waals surface area contributed by atoms with Crippen LogP contribution in [0.5, 0.6) is 0 Å². The molecule has 0 aliphatic carbocycles. The van der Waals surface area contributed by atoms with Crippen LogP contribution < -0.4 is 11.5 Å². The highest BCUT2D eigenvalue weighted by Crippen LogP contribution is 2.14. The predicted molar refractivity (Wildman–Crippen MR) is 54.6 cm³/mol. The highest BCUT2D eigenvalue weighted by Gasteiger charge is 2.09. The summed E-state index contributed by atoms with van der Waals surface area (Å²) in [6.07, 6.45) is 6.29. The SMILES string of the molecule is C=C(C/C=C\N)CCC(C)(C)N. The lowest BCUT2D eigenvalue weighted by Gasteiger charge is -2.18. The van der Waals surface area contributed by atoms with Crippen LogP contribution in [-0.2, 0) is 0 Å². The molecule has 0 aromatic heterocycles. The third kappa shape index (κ3) is 7.35. The molecular weight excluding hydrogens is 148 g/mol. The minimum absolute atomic E-state index is 0.0879. The fraction of sp³-hybridized carbons (Fsp3) is 0.600. The molecular formula is C10H20N2. The van der Waals surface area contributed by atoms with Crippen molar-refractivity contribution in [3.8, 4) is 0 Å². The quantitative estimate of drug-likeness (QED) is 0.616. The van der Waals surface area contributed by atoms with E-state index in [-0.39, 0.29) is 5.54 Å². The zero-order chi connectivity index (χ0) is 9.61. The lowest BCUT2D eigenvalue weighted by atomic mass is 9.96. The van der Waals surface area contributed by atoms with E-state index in [9.17, 15) is 0 Å². The Balaban J connectivity index is 3.58. The van der Waals surface area contributed by atoms with Gasteiger partial charge in [-0.15, -0.1) is 0 Å². The maximum atomic E-state index is 5.83. The van der Waals surface area contributed by atoms with E-state index in [2.05, 4.69) is 6.58 Å². The van der Waals surface area contributed by atoms with Gasteiger partial charge in [0.2, 0.25) is 0 Å². The molecule has 70 valence electrons. The van der Waals surface area contributed by atoms with Gasteiger partial charge in [-0.3, -0.25) is 0 Å². The van der Waals surface area contributed by atoms with Gasteiger partial charge in [0, 0.05) is 5.54 Å². The Morgan fingerprint density at radius 3 is 2.50 bits per heavy atom. The molecule has 0 aliphatic rings. The van der Waals surface area contributed by atoms with Crippen molar-refractivity contribution >= 4 is 0 Å². The van der Waals surface area contributed by atoms with E-state index in [4.69, 9.17) is 11.5 Å². The van der Waals surface area contributed by atoms with Crippen LogP contribution in [0.1, 0.15) is 33.1 Å². The summed E-state index contributed by atoms with van der Waals surface area (Å²) in [5.41, 5.74) is 12.1. The number of allylic oxidation sites excluding steroid dienone is 2. The fourth-order valence-electron chi connectivity index (χ4n) is 0.836. The number of hydrogen-bond donors (Lipinski definition) is 2. The van der Waals surface area contributed by atoms with E-state index in [0.717, 1.165) is 19.3 Å². The van der Waals surface area contributed by atoms with E-state index in [0.29, 0.717) is 0 Å². The maximum Gasteiger partial charge on any atom is 0.0100 e. The number of nitrogens with two attached hydrogens (primary N) is 2. The molecule has 0 aliphatic heterocycles. The summed E-state index contributed by atoms with van der Waals surface area (Å²) in [4.78, 5) is 0. The Labute approximate surface area is 75.3 Å². The lowest BCUT2D eigenvalue weighted by molar-refractivity contribution is 0.475. The third-order valence-corrected chi connectivity index (χ3v) is 1.67. The van der Waals surface area contributed by atoms with Crippen molar-refractivity contribution in [3.05, 3.63) is 24.4 Å². The second-order valence-corrected chi connectivity index (χ2v) is 3.87. The van der Waals surface area contributed by atoms with Gasteiger partial charge in [0.1, 0.15) is 0 Å². The molecule has 4 N–H and O–H groups in total. The predicted octanol–water partition coefficient (Wildman–Crippen LogP) is 1.92. The highest BCUT2D eigenvalue weighted by atomic mass is 14.7. The third-order valence-electron chi connectivity index (χ3n) is 1.67. The molecule has 0 saturated heterocycles. The molecule has 0 aromatic carbocycles. The summed E-state index contributed by atoms with van der Waals surface area (Å²) in [5.74, 6) is 0. The zero-order valence-corrected chi connectivity index (χ0v) is 8.14. The Bertz CT molecular complexity index is 163. The monoisotopic (exact) mass is 168 g/mol. The molecule has 0 rings (SSSR count). The topological polar surface area (TPSA) is 52.0 Å². The first-order valence-corrected chi connectivity index (χ1v) is 4.28. The summed E-state index contributed by atoms with van der Waals surface area (Å²) < 4.78 is 0. The van der Waals surface area contributed by atoms with Gasteiger partial charge < -0.3 is 11.5 Å². The first kappa shape index (κ1) is 11.2. The van der Waals surface area contributed by atoms with Gasteiger partial charge in [-0.2, -0.15) is 0 Å². The van der Waals surface area contributed by atoms with E-state index < -0.39 is 0 Å². The van der Waals surface area contributed by atoms with Crippen LogP contribution in [0.25, 0.3) is 0 Å². The van der Waals surface area contributed by atoms with Crippen molar-refractivity contribution in [1.29, 1.82) is 0 Å². The van der Waals surface area contributed by atoms with Gasteiger partial charge >= 0.3 is 0 Å². The Morgan fingerprint density at radius 1 is 1.50 bits per heavy atom. The van der Waals surface area contributed by atoms with E-state index in [1.54, 1.807) is 6.20 Å². The van der Waals surface area contributed by atoms with Gasteiger partial charge in [-0.25, -0.2) is 0 Å². The molecule has 12 heavy (non-hydrogen) atoms. The Hall–Kier alpha value is -0.760. The molecule has 0 unspecified atom stereocenters. The summed E-state index contributed by atoms with van der Waals surface area (Å²) in [5, 5.41) is 0. The van der Waals surface area contributed by atoms with Crippen LogP contribution in [0, 0.1) is 0 Å². The lowest BCUT2D eigenvalue weighted by Crippen LogP contribution is -2.31. The average molecular weight is 168 g/mol. The molecule has 0 amide bonds. The van der Waals surface area contributed by atoms with Crippen molar-refractivity contribution in [3.63, 3.8) is 0 Å².